The summed E-state index contributed by atoms with van der Waals surface area (Å²) >= 11 is 0. The first-order valence-electron chi connectivity index (χ1n) is 7.25. The molecule has 1 aliphatic rings. The van der Waals surface area contributed by atoms with Gasteiger partial charge in [0.05, 0.1) is 14.2 Å². The van der Waals surface area contributed by atoms with Gasteiger partial charge in [-0.15, -0.1) is 0 Å². The van der Waals surface area contributed by atoms with Crippen molar-refractivity contribution < 1.29 is 14.2 Å². The fourth-order valence-corrected chi connectivity index (χ4v) is 2.82. The Labute approximate surface area is 121 Å². The molecule has 4 nitrogen and oxygen atoms in total. The molecule has 4 heteroatoms. The molecule has 0 aliphatic carbocycles. The van der Waals surface area contributed by atoms with Crippen LogP contribution in [-0.4, -0.2) is 34.5 Å². The Bertz CT molecular complexity index is 416. The molecule has 1 fully saturated rings. The third-order valence-corrected chi connectivity index (χ3v) is 4.07. The van der Waals surface area contributed by atoms with E-state index < -0.39 is 0 Å². The second kappa shape index (κ2) is 7.50. The Morgan fingerprint density at radius 1 is 1.25 bits per heavy atom. The van der Waals surface area contributed by atoms with Crippen molar-refractivity contribution in [1.82, 2.24) is 5.32 Å². The highest BCUT2D eigenvalue weighted by molar-refractivity contribution is 5.42. The largest absolute Gasteiger partial charge is 0.497 e. The number of methoxy groups -OCH3 is 2. The van der Waals surface area contributed by atoms with Crippen LogP contribution in [0.5, 0.6) is 11.5 Å². The van der Waals surface area contributed by atoms with Gasteiger partial charge in [-0.25, -0.2) is 0 Å². The maximum atomic E-state index is 5.52. The predicted molar refractivity (Wildman–Crippen MR) is 79.5 cm³/mol. The average molecular weight is 279 g/mol. The summed E-state index contributed by atoms with van der Waals surface area (Å²) in [6.07, 6.45) is 3.41. The van der Waals surface area contributed by atoms with Crippen molar-refractivity contribution in [3.8, 4) is 11.5 Å². The van der Waals surface area contributed by atoms with Crippen molar-refractivity contribution in [3.05, 3.63) is 23.8 Å². The van der Waals surface area contributed by atoms with Gasteiger partial charge in [0.1, 0.15) is 11.5 Å². The van der Waals surface area contributed by atoms with Gasteiger partial charge in [-0.2, -0.15) is 0 Å². The first-order chi connectivity index (χ1) is 9.78. The third-order valence-electron chi connectivity index (χ3n) is 4.07. The number of ether oxygens (including phenoxy) is 3. The zero-order valence-electron chi connectivity index (χ0n) is 12.6. The minimum Gasteiger partial charge on any atom is -0.497 e. The molecule has 1 atom stereocenters. The second-order valence-corrected chi connectivity index (χ2v) is 5.24. The molecule has 0 amide bonds. The quantitative estimate of drug-likeness (QED) is 0.869. The minimum atomic E-state index is 0.305. The molecule has 0 saturated carbocycles. The van der Waals surface area contributed by atoms with E-state index in [0.29, 0.717) is 12.0 Å². The summed E-state index contributed by atoms with van der Waals surface area (Å²) in [7, 11) is 5.39. The Hall–Kier alpha value is -1.26. The third kappa shape index (κ3) is 3.64. The molecule has 0 bridgehead atoms. The van der Waals surface area contributed by atoms with Crippen LogP contribution >= 0.6 is 0 Å². The Morgan fingerprint density at radius 3 is 2.60 bits per heavy atom. The van der Waals surface area contributed by atoms with Crippen molar-refractivity contribution >= 4 is 0 Å². The molecular formula is C16H25NO3. The van der Waals surface area contributed by atoms with Gasteiger partial charge in [-0.1, -0.05) is 6.07 Å². The fourth-order valence-electron chi connectivity index (χ4n) is 2.82. The molecule has 1 N–H and O–H groups in total. The van der Waals surface area contributed by atoms with E-state index in [4.69, 9.17) is 14.2 Å². The number of hydrogen-bond acceptors (Lipinski definition) is 4. The van der Waals surface area contributed by atoms with Crippen molar-refractivity contribution in [2.45, 2.75) is 25.3 Å². The SMILES string of the molecule is CNC(CC1CCOCC1)c1ccc(OC)cc1OC. The topological polar surface area (TPSA) is 39.7 Å². The van der Waals surface area contributed by atoms with E-state index >= 15 is 0 Å². The maximum absolute atomic E-state index is 5.52. The van der Waals surface area contributed by atoms with E-state index in [9.17, 15) is 0 Å². The van der Waals surface area contributed by atoms with E-state index in [-0.39, 0.29) is 0 Å². The average Bonchev–Trinajstić information content (AvgIpc) is 2.53. The molecule has 2 rings (SSSR count). The number of nitrogens with one attached hydrogen (secondary N) is 1. The van der Waals surface area contributed by atoms with E-state index in [1.807, 2.05) is 19.2 Å². The summed E-state index contributed by atoms with van der Waals surface area (Å²) in [5.41, 5.74) is 1.20. The van der Waals surface area contributed by atoms with Gasteiger partial charge in [0.25, 0.3) is 0 Å². The standard InChI is InChI=1S/C16H25NO3/c1-17-15(10-12-6-8-20-9-7-12)14-5-4-13(18-2)11-16(14)19-3/h4-5,11-12,15,17H,6-10H2,1-3H3. The van der Waals surface area contributed by atoms with Crippen molar-refractivity contribution in [2.75, 3.05) is 34.5 Å². The number of hydrogen-bond donors (Lipinski definition) is 1. The Morgan fingerprint density at radius 2 is 2.00 bits per heavy atom. The molecule has 20 heavy (non-hydrogen) atoms. The van der Waals surface area contributed by atoms with E-state index in [1.165, 1.54) is 5.56 Å². The van der Waals surface area contributed by atoms with Crippen molar-refractivity contribution in [1.29, 1.82) is 0 Å². The summed E-state index contributed by atoms with van der Waals surface area (Å²) in [4.78, 5) is 0. The van der Waals surface area contributed by atoms with Crippen LogP contribution in [0.4, 0.5) is 0 Å². The van der Waals surface area contributed by atoms with Gasteiger partial charge in [0.15, 0.2) is 0 Å². The monoisotopic (exact) mass is 279 g/mol. The highest BCUT2D eigenvalue weighted by Crippen LogP contribution is 2.34. The first kappa shape index (κ1) is 15.1. The number of benzene rings is 1. The molecule has 1 aliphatic heterocycles. The minimum absolute atomic E-state index is 0.305. The number of rotatable bonds is 6. The Balaban J connectivity index is 2.13. The van der Waals surface area contributed by atoms with Crippen LogP contribution in [0.15, 0.2) is 18.2 Å². The van der Waals surface area contributed by atoms with Crippen LogP contribution in [0.1, 0.15) is 30.9 Å². The lowest BCUT2D eigenvalue weighted by Crippen LogP contribution is -2.24. The summed E-state index contributed by atoms with van der Waals surface area (Å²) in [6, 6.07) is 6.34. The summed E-state index contributed by atoms with van der Waals surface area (Å²) < 4.78 is 16.2. The first-order valence-corrected chi connectivity index (χ1v) is 7.25. The summed E-state index contributed by atoms with van der Waals surface area (Å²) in [5.74, 6) is 2.43. The van der Waals surface area contributed by atoms with Crippen LogP contribution in [0.2, 0.25) is 0 Å². The summed E-state index contributed by atoms with van der Waals surface area (Å²) in [5, 5.41) is 3.42. The van der Waals surface area contributed by atoms with Crippen LogP contribution in [-0.2, 0) is 4.74 Å². The molecule has 1 aromatic rings. The van der Waals surface area contributed by atoms with Gasteiger partial charge < -0.3 is 19.5 Å². The van der Waals surface area contributed by atoms with Crippen LogP contribution in [0.3, 0.4) is 0 Å². The molecule has 1 saturated heterocycles. The molecule has 0 spiro atoms. The second-order valence-electron chi connectivity index (χ2n) is 5.24. The maximum Gasteiger partial charge on any atom is 0.127 e. The predicted octanol–water partition coefficient (Wildman–Crippen LogP) is 2.78. The molecule has 0 radical (unpaired) electrons. The summed E-state index contributed by atoms with van der Waals surface area (Å²) in [6.45, 7) is 1.78. The van der Waals surface area contributed by atoms with E-state index in [1.54, 1.807) is 14.2 Å². The van der Waals surface area contributed by atoms with Gasteiger partial charge in [0, 0.05) is 30.9 Å². The molecular weight excluding hydrogens is 254 g/mol. The zero-order chi connectivity index (χ0) is 14.4. The van der Waals surface area contributed by atoms with Crippen molar-refractivity contribution in [2.24, 2.45) is 5.92 Å². The van der Waals surface area contributed by atoms with Crippen LogP contribution in [0, 0.1) is 5.92 Å². The highest BCUT2D eigenvalue weighted by Gasteiger charge is 2.22. The molecule has 1 heterocycles. The van der Waals surface area contributed by atoms with Crippen LogP contribution < -0.4 is 14.8 Å². The lowest BCUT2D eigenvalue weighted by molar-refractivity contribution is 0.0607. The van der Waals surface area contributed by atoms with Crippen molar-refractivity contribution in [3.63, 3.8) is 0 Å². The van der Waals surface area contributed by atoms with Crippen LogP contribution in [0.25, 0.3) is 0 Å². The van der Waals surface area contributed by atoms with Gasteiger partial charge in [0.2, 0.25) is 0 Å². The fraction of sp³-hybridized carbons (Fsp3) is 0.625. The highest BCUT2D eigenvalue weighted by atomic mass is 16.5. The lowest BCUT2D eigenvalue weighted by atomic mass is 9.89. The van der Waals surface area contributed by atoms with E-state index in [0.717, 1.165) is 44.0 Å². The molecule has 0 aromatic heterocycles. The van der Waals surface area contributed by atoms with Gasteiger partial charge in [-0.3, -0.25) is 0 Å². The molecule has 112 valence electrons. The van der Waals surface area contributed by atoms with Gasteiger partial charge >= 0.3 is 0 Å². The molecule has 1 unspecified atom stereocenters. The van der Waals surface area contributed by atoms with Gasteiger partial charge in [-0.05, 0) is 38.3 Å². The Kier molecular flexibility index (Phi) is 5.68. The smallest absolute Gasteiger partial charge is 0.127 e. The normalized spacial score (nSPS) is 17.8. The zero-order valence-corrected chi connectivity index (χ0v) is 12.6. The molecule has 1 aromatic carbocycles. The lowest BCUT2D eigenvalue weighted by Gasteiger charge is -2.27. The van der Waals surface area contributed by atoms with E-state index in [2.05, 4.69) is 11.4 Å².